The lowest BCUT2D eigenvalue weighted by Gasteiger charge is -2.18. The van der Waals surface area contributed by atoms with Gasteiger partial charge in [0.2, 0.25) is 0 Å². The Morgan fingerprint density at radius 3 is 2.40 bits per heavy atom. The molecule has 0 aliphatic carbocycles. The van der Waals surface area contributed by atoms with E-state index in [4.69, 9.17) is 4.74 Å². The average Bonchev–Trinajstić information content (AvgIpc) is 2.45. The van der Waals surface area contributed by atoms with Crippen molar-refractivity contribution in [2.24, 2.45) is 0 Å². The van der Waals surface area contributed by atoms with E-state index in [1.54, 1.807) is 19.2 Å². The Morgan fingerprint density at radius 2 is 1.70 bits per heavy atom. The van der Waals surface area contributed by atoms with Crippen molar-refractivity contribution in [2.45, 2.75) is 6.04 Å². The van der Waals surface area contributed by atoms with E-state index in [9.17, 15) is 13.2 Å². The van der Waals surface area contributed by atoms with Crippen LogP contribution in [-0.4, -0.2) is 13.7 Å². The van der Waals surface area contributed by atoms with Gasteiger partial charge >= 0.3 is 0 Å². The summed E-state index contributed by atoms with van der Waals surface area (Å²) >= 11 is 0. The maximum Gasteiger partial charge on any atom is 0.165 e. The van der Waals surface area contributed by atoms with Crippen LogP contribution in [0.25, 0.3) is 0 Å². The predicted molar refractivity (Wildman–Crippen MR) is 70.1 cm³/mol. The molecule has 2 aromatic carbocycles. The molecule has 0 spiro atoms. The summed E-state index contributed by atoms with van der Waals surface area (Å²) in [5, 5.41) is 2.82. The van der Waals surface area contributed by atoms with Gasteiger partial charge in [-0.05, 0) is 25.2 Å². The zero-order valence-electron chi connectivity index (χ0n) is 10.9. The molecule has 0 saturated heterocycles. The topological polar surface area (TPSA) is 21.3 Å². The van der Waals surface area contributed by atoms with Crippen LogP contribution < -0.4 is 10.1 Å². The molecule has 106 valence electrons. The van der Waals surface area contributed by atoms with Crippen LogP contribution >= 0.6 is 0 Å². The van der Waals surface area contributed by atoms with Crippen molar-refractivity contribution in [3.63, 3.8) is 0 Å². The number of hydrogen-bond acceptors (Lipinski definition) is 2. The molecule has 0 amide bonds. The molecule has 5 heteroatoms. The SMILES string of the molecule is CNC(COc1ccccc1F)c1cccc(F)c1F. The average molecular weight is 281 g/mol. The number of rotatable bonds is 5. The lowest BCUT2D eigenvalue weighted by atomic mass is 10.1. The third kappa shape index (κ3) is 3.11. The molecule has 0 aliphatic heterocycles. The number of hydrogen-bond donors (Lipinski definition) is 1. The highest BCUT2D eigenvalue weighted by Crippen LogP contribution is 2.22. The van der Waals surface area contributed by atoms with Gasteiger partial charge in [-0.2, -0.15) is 0 Å². The smallest absolute Gasteiger partial charge is 0.165 e. The molecule has 0 fully saturated rings. The summed E-state index contributed by atoms with van der Waals surface area (Å²) < 4.78 is 45.6. The van der Waals surface area contributed by atoms with Crippen molar-refractivity contribution in [2.75, 3.05) is 13.7 Å². The maximum absolute atomic E-state index is 13.7. The number of likely N-dealkylation sites (N-methyl/N-ethyl adjacent to an activating group) is 1. The number of halogens is 3. The third-order valence-corrected chi connectivity index (χ3v) is 2.95. The highest BCUT2D eigenvalue weighted by Gasteiger charge is 2.18. The van der Waals surface area contributed by atoms with Crippen molar-refractivity contribution in [1.82, 2.24) is 5.32 Å². The lowest BCUT2D eigenvalue weighted by Crippen LogP contribution is -2.24. The summed E-state index contributed by atoms with van der Waals surface area (Å²) in [6.45, 7) is -0.0161. The fraction of sp³-hybridized carbons (Fsp3) is 0.200. The first-order valence-electron chi connectivity index (χ1n) is 6.12. The molecule has 0 heterocycles. The molecule has 1 N–H and O–H groups in total. The molecule has 0 bridgehead atoms. The molecule has 2 aromatic rings. The second-order valence-corrected chi connectivity index (χ2v) is 4.23. The molecule has 0 aromatic heterocycles. The number of benzene rings is 2. The van der Waals surface area contributed by atoms with Crippen LogP contribution in [0.3, 0.4) is 0 Å². The van der Waals surface area contributed by atoms with Crippen LogP contribution in [0.5, 0.6) is 5.75 Å². The minimum Gasteiger partial charge on any atom is -0.489 e. The standard InChI is InChI=1S/C15H14F3NO/c1-19-13(10-5-4-7-12(17)15(10)18)9-20-14-8-3-2-6-11(14)16/h2-8,13,19H,9H2,1H3. The van der Waals surface area contributed by atoms with Gasteiger partial charge in [0.1, 0.15) is 6.61 Å². The predicted octanol–water partition coefficient (Wildman–Crippen LogP) is 3.44. The third-order valence-electron chi connectivity index (χ3n) is 2.95. The molecule has 1 unspecified atom stereocenters. The van der Waals surface area contributed by atoms with Gasteiger partial charge in [0.15, 0.2) is 23.2 Å². The highest BCUT2D eigenvalue weighted by atomic mass is 19.2. The van der Waals surface area contributed by atoms with Gasteiger partial charge < -0.3 is 10.1 Å². The molecule has 2 nitrogen and oxygen atoms in total. The minimum atomic E-state index is -0.927. The first-order valence-corrected chi connectivity index (χ1v) is 6.12. The van der Waals surface area contributed by atoms with Crippen molar-refractivity contribution in [3.8, 4) is 5.75 Å². The van der Waals surface area contributed by atoms with Crippen molar-refractivity contribution in [1.29, 1.82) is 0 Å². The first kappa shape index (κ1) is 14.4. The Hall–Kier alpha value is -2.01. The summed E-state index contributed by atoms with van der Waals surface area (Å²) in [4.78, 5) is 0. The highest BCUT2D eigenvalue weighted by molar-refractivity contribution is 5.25. The number of para-hydroxylation sites is 1. The summed E-state index contributed by atoms with van der Waals surface area (Å²) in [5.41, 5.74) is 0.142. The number of nitrogens with one attached hydrogen (secondary N) is 1. The summed E-state index contributed by atoms with van der Waals surface area (Å²) in [7, 11) is 1.60. The van der Waals surface area contributed by atoms with E-state index in [-0.39, 0.29) is 17.9 Å². The molecule has 0 saturated carbocycles. The van der Waals surface area contributed by atoms with Gasteiger partial charge in [0.05, 0.1) is 6.04 Å². The van der Waals surface area contributed by atoms with Crippen molar-refractivity contribution < 1.29 is 17.9 Å². The van der Waals surface area contributed by atoms with Crippen LogP contribution in [0.4, 0.5) is 13.2 Å². The van der Waals surface area contributed by atoms with Gasteiger partial charge in [0, 0.05) is 5.56 Å². The molecular weight excluding hydrogens is 267 g/mol. The fourth-order valence-electron chi connectivity index (χ4n) is 1.85. The summed E-state index contributed by atoms with van der Waals surface area (Å²) in [5.74, 6) is -2.27. The van der Waals surface area contributed by atoms with Gasteiger partial charge in [-0.15, -0.1) is 0 Å². The van der Waals surface area contributed by atoms with E-state index < -0.39 is 23.5 Å². The van der Waals surface area contributed by atoms with Crippen molar-refractivity contribution in [3.05, 3.63) is 65.5 Å². The molecule has 0 aliphatic rings. The van der Waals surface area contributed by atoms with Crippen LogP contribution in [0.15, 0.2) is 42.5 Å². The number of ether oxygens (including phenoxy) is 1. The first-order chi connectivity index (χ1) is 9.63. The van der Waals surface area contributed by atoms with E-state index in [0.29, 0.717) is 0 Å². The zero-order chi connectivity index (χ0) is 14.5. The van der Waals surface area contributed by atoms with Crippen LogP contribution in [0.2, 0.25) is 0 Å². The molecule has 1 atom stereocenters. The van der Waals surface area contributed by atoms with E-state index in [1.165, 1.54) is 24.3 Å². The fourth-order valence-corrected chi connectivity index (χ4v) is 1.85. The van der Waals surface area contributed by atoms with Gasteiger partial charge in [-0.3, -0.25) is 0 Å². The monoisotopic (exact) mass is 281 g/mol. The van der Waals surface area contributed by atoms with E-state index >= 15 is 0 Å². The van der Waals surface area contributed by atoms with Crippen LogP contribution in [0.1, 0.15) is 11.6 Å². The zero-order valence-corrected chi connectivity index (χ0v) is 10.9. The van der Waals surface area contributed by atoms with E-state index in [1.807, 2.05) is 0 Å². The Morgan fingerprint density at radius 1 is 1.00 bits per heavy atom. The van der Waals surface area contributed by atoms with Gasteiger partial charge in [0.25, 0.3) is 0 Å². The summed E-state index contributed by atoms with van der Waals surface area (Å²) in [6, 6.07) is 9.27. The Balaban J connectivity index is 2.14. The van der Waals surface area contributed by atoms with Crippen LogP contribution in [0, 0.1) is 17.5 Å². The van der Waals surface area contributed by atoms with E-state index in [0.717, 1.165) is 6.07 Å². The van der Waals surface area contributed by atoms with E-state index in [2.05, 4.69) is 5.32 Å². The second kappa shape index (κ2) is 6.43. The Labute approximate surface area is 115 Å². The quantitative estimate of drug-likeness (QED) is 0.906. The Kier molecular flexibility index (Phi) is 4.63. The molecule has 2 rings (SSSR count). The lowest BCUT2D eigenvalue weighted by molar-refractivity contribution is 0.258. The summed E-state index contributed by atoms with van der Waals surface area (Å²) in [6.07, 6.45) is 0. The molecule has 20 heavy (non-hydrogen) atoms. The second-order valence-electron chi connectivity index (χ2n) is 4.23. The molecular formula is C15H14F3NO. The Bertz CT molecular complexity index is 589. The van der Waals surface area contributed by atoms with Gasteiger partial charge in [-0.25, -0.2) is 13.2 Å². The normalized spacial score (nSPS) is 12.2. The van der Waals surface area contributed by atoms with Crippen LogP contribution in [-0.2, 0) is 0 Å². The minimum absolute atomic E-state index is 0.0161. The van der Waals surface area contributed by atoms with Crippen molar-refractivity contribution >= 4 is 0 Å². The maximum atomic E-state index is 13.7. The van der Waals surface area contributed by atoms with Gasteiger partial charge in [-0.1, -0.05) is 24.3 Å². The largest absolute Gasteiger partial charge is 0.489 e. The molecule has 0 radical (unpaired) electrons.